The molecule has 0 saturated heterocycles. The van der Waals surface area contributed by atoms with Crippen LogP contribution in [-0.4, -0.2) is 17.5 Å². The van der Waals surface area contributed by atoms with Gasteiger partial charge in [0.15, 0.2) is 0 Å². The van der Waals surface area contributed by atoms with Crippen molar-refractivity contribution >= 4 is 23.4 Å². The van der Waals surface area contributed by atoms with Gasteiger partial charge in [0.2, 0.25) is 0 Å². The van der Waals surface area contributed by atoms with E-state index in [-0.39, 0.29) is 0 Å². The van der Waals surface area contributed by atoms with Gasteiger partial charge in [-0.15, -0.1) is 0 Å². The summed E-state index contributed by atoms with van der Waals surface area (Å²) in [6, 6.07) is 7.65. The van der Waals surface area contributed by atoms with E-state index >= 15 is 0 Å². The molecule has 1 saturated carbocycles. The number of hydrogen-bond acceptors (Lipinski definition) is 2. The summed E-state index contributed by atoms with van der Waals surface area (Å²) in [6.07, 6.45) is 8.69. The third-order valence-corrected chi connectivity index (χ3v) is 5.67. The van der Waals surface area contributed by atoms with E-state index in [4.69, 9.17) is 11.6 Å². The second-order valence-corrected chi connectivity index (χ2v) is 7.04. The predicted molar refractivity (Wildman–Crippen MR) is 80.6 cm³/mol. The van der Waals surface area contributed by atoms with Crippen molar-refractivity contribution in [3.8, 4) is 0 Å². The van der Waals surface area contributed by atoms with Gasteiger partial charge in [0.1, 0.15) is 0 Å². The molecule has 0 aromatic heterocycles. The van der Waals surface area contributed by atoms with Crippen LogP contribution in [0.5, 0.6) is 0 Å². The number of halogens is 1. The number of fused-ring (bicyclic) bond motifs is 1. The molecule has 0 amide bonds. The van der Waals surface area contributed by atoms with Gasteiger partial charge in [-0.1, -0.05) is 17.7 Å². The molecule has 3 heteroatoms. The number of rotatable bonds is 3. The van der Waals surface area contributed by atoms with Crippen molar-refractivity contribution in [1.82, 2.24) is 5.32 Å². The Balaban J connectivity index is 1.66. The lowest BCUT2D eigenvalue weighted by Gasteiger charge is -2.20. The highest BCUT2D eigenvalue weighted by molar-refractivity contribution is 7.99. The zero-order chi connectivity index (χ0) is 12.5. The van der Waals surface area contributed by atoms with Crippen molar-refractivity contribution < 1.29 is 0 Å². The summed E-state index contributed by atoms with van der Waals surface area (Å²) in [5.74, 6) is 0. The number of aryl methyl sites for hydroxylation is 1. The summed E-state index contributed by atoms with van der Waals surface area (Å²) in [6.45, 7) is 0. The first-order chi connectivity index (χ1) is 8.76. The van der Waals surface area contributed by atoms with Crippen molar-refractivity contribution in [3.05, 3.63) is 34.3 Å². The third-order valence-electron chi connectivity index (χ3n) is 4.34. The monoisotopic (exact) mass is 281 g/mol. The second-order valence-electron chi connectivity index (χ2n) is 5.47. The zero-order valence-electron chi connectivity index (χ0n) is 10.8. The van der Waals surface area contributed by atoms with E-state index in [1.807, 2.05) is 17.8 Å². The molecule has 1 fully saturated rings. The van der Waals surface area contributed by atoms with Crippen LogP contribution in [0.2, 0.25) is 5.02 Å². The van der Waals surface area contributed by atoms with Crippen LogP contribution >= 0.6 is 23.4 Å². The number of thioether (sulfide) groups is 1. The van der Waals surface area contributed by atoms with Gasteiger partial charge in [-0.05, 0) is 61.6 Å². The second kappa shape index (κ2) is 5.44. The summed E-state index contributed by atoms with van der Waals surface area (Å²) < 4.78 is 0. The molecule has 0 radical (unpaired) electrons. The summed E-state index contributed by atoms with van der Waals surface area (Å²) in [7, 11) is 0. The van der Waals surface area contributed by atoms with Gasteiger partial charge >= 0.3 is 0 Å². The predicted octanol–water partition coefficient (Wildman–Crippen LogP) is 4.20. The minimum Gasteiger partial charge on any atom is -0.307 e. The standard InChI is InChI=1S/C15H20ClNS/c1-18-13-5-4-12(9-13)17-15-7-2-10-8-11(16)3-6-14(10)15/h3,6,8,12-13,15,17H,2,4-5,7,9H2,1H3. The van der Waals surface area contributed by atoms with Crippen LogP contribution in [0.25, 0.3) is 0 Å². The van der Waals surface area contributed by atoms with Crippen LogP contribution in [0.4, 0.5) is 0 Å². The Labute approximate surface area is 119 Å². The van der Waals surface area contributed by atoms with E-state index in [1.165, 1.54) is 43.2 Å². The number of nitrogens with one attached hydrogen (secondary N) is 1. The topological polar surface area (TPSA) is 12.0 Å². The molecule has 18 heavy (non-hydrogen) atoms. The Morgan fingerprint density at radius 1 is 1.28 bits per heavy atom. The first-order valence-corrected chi connectivity index (χ1v) is 8.50. The average molecular weight is 282 g/mol. The third kappa shape index (κ3) is 2.56. The van der Waals surface area contributed by atoms with Crippen LogP contribution in [-0.2, 0) is 6.42 Å². The van der Waals surface area contributed by atoms with E-state index in [0.29, 0.717) is 12.1 Å². The first kappa shape index (κ1) is 12.8. The van der Waals surface area contributed by atoms with Gasteiger partial charge in [-0.2, -0.15) is 11.8 Å². The molecule has 1 N–H and O–H groups in total. The molecule has 2 aliphatic rings. The highest BCUT2D eigenvalue weighted by Gasteiger charge is 2.29. The first-order valence-electron chi connectivity index (χ1n) is 6.83. The van der Waals surface area contributed by atoms with Gasteiger partial charge in [0, 0.05) is 22.4 Å². The normalized spacial score (nSPS) is 30.7. The summed E-state index contributed by atoms with van der Waals surface area (Å²) in [5.41, 5.74) is 2.92. The summed E-state index contributed by atoms with van der Waals surface area (Å²) in [4.78, 5) is 0. The minimum atomic E-state index is 0.558. The number of hydrogen-bond donors (Lipinski definition) is 1. The van der Waals surface area contributed by atoms with E-state index in [2.05, 4.69) is 23.7 Å². The van der Waals surface area contributed by atoms with Crippen LogP contribution in [0.15, 0.2) is 18.2 Å². The molecule has 3 atom stereocenters. The molecule has 1 nitrogen and oxygen atoms in total. The lowest BCUT2D eigenvalue weighted by Crippen LogP contribution is -2.30. The fraction of sp³-hybridized carbons (Fsp3) is 0.600. The maximum absolute atomic E-state index is 6.06. The highest BCUT2D eigenvalue weighted by atomic mass is 35.5. The molecule has 2 aliphatic carbocycles. The van der Waals surface area contributed by atoms with Crippen LogP contribution < -0.4 is 5.32 Å². The summed E-state index contributed by atoms with van der Waals surface area (Å²) in [5, 5.41) is 5.60. The van der Waals surface area contributed by atoms with Gasteiger partial charge in [0.05, 0.1) is 0 Å². The van der Waals surface area contributed by atoms with Gasteiger partial charge < -0.3 is 5.32 Å². The lowest BCUT2D eigenvalue weighted by atomic mass is 10.1. The Morgan fingerprint density at radius 3 is 2.94 bits per heavy atom. The fourth-order valence-electron chi connectivity index (χ4n) is 3.35. The molecule has 3 rings (SSSR count). The smallest absolute Gasteiger partial charge is 0.0408 e. The van der Waals surface area contributed by atoms with Crippen molar-refractivity contribution in [2.45, 2.75) is 49.4 Å². The van der Waals surface area contributed by atoms with Crippen molar-refractivity contribution in [2.75, 3.05) is 6.26 Å². The Bertz CT molecular complexity index is 435. The molecule has 0 bridgehead atoms. The molecular weight excluding hydrogens is 262 g/mol. The van der Waals surface area contributed by atoms with Gasteiger partial charge in [-0.25, -0.2) is 0 Å². The molecule has 98 valence electrons. The quantitative estimate of drug-likeness (QED) is 0.891. The van der Waals surface area contributed by atoms with Crippen molar-refractivity contribution in [1.29, 1.82) is 0 Å². The molecule has 0 spiro atoms. The van der Waals surface area contributed by atoms with E-state index in [1.54, 1.807) is 0 Å². The maximum atomic E-state index is 6.06. The summed E-state index contributed by atoms with van der Waals surface area (Å²) >= 11 is 8.08. The van der Waals surface area contributed by atoms with Gasteiger partial charge in [0.25, 0.3) is 0 Å². The molecule has 1 aromatic rings. The lowest BCUT2D eigenvalue weighted by molar-refractivity contribution is 0.438. The van der Waals surface area contributed by atoms with E-state index in [0.717, 1.165) is 10.3 Å². The molecular formula is C15H20ClNS. The molecule has 0 heterocycles. The van der Waals surface area contributed by atoms with Crippen molar-refractivity contribution in [2.24, 2.45) is 0 Å². The van der Waals surface area contributed by atoms with Crippen LogP contribution in [0.1, 0.15) is 42.9 Å². The Kier molecular flexibility index (Phi) is 3.88. The SMILES string of the molecule is CSC1CCC(NC2CCc3cc(Cl)ccc32)C1. The molecule has 1 aromatic carbocycles. The maximum Gasteiger partial charge on any atom is 0.0408 e. The highest BCUT2D eigenvalue weighted by Crippen LogP contribution is 2.36. The molecule has 3 unspecified atom stereocenters. The average Bonchev–Trinajstić information content (AvgIpc) is 2.97. The number of benzene rings is 1. The Hall–Kier alpha value is -0.180. The zero-order valence-corrected chi connectivity index (χ0v) is 12.4. The largest absolute Gasteiger partial charge is 0.307 e. The molecule has 0 aliphatic heterocycles. The minimum absolute atomic E-state index is 0.558. The Morgan fingerprint density at radius 2 is 2.17 bits per heavy atom. The van der Waals surface area contributed by atoms with E-state index < -0.39 is 0 Å². The fourth-order valence-corrected chi connectivity index (χ4v) is 4.34. The van der Waals surface area contributed by atoms with Crippen LogP contribution in [0.3, 0.4) is 0 Å². The van der Waals surface area contributed by atoms with E-state index in [9.17, 15) is 0 Å². The van der Waals surface area contributed by atoms with Gasteiger partial charge in [-0.3, -0.25) is 0 Å². The van der Waals surface area contributed by atoms with Crippen LogP contribution in [0, 0.1) is 0 Å². The van der Waals surface area contributed by atoms with Crippen molar-refractivity contribution in [3.63, 3.8) is 0 Å².